The number of methoxy groups -OCH3 is 1. The molecule has 1 aliphatic heterocycles. The fourth-order valence-corrected chi connectivity index (χ4v) is 4.71. The van der Waals surface area contributed by atoms with E-state index in [1.54, 1.807) is 16.9 Å². The molecular weight excluding hydrogens is 448 g/mol. The van der Waals surface area contributed by atoms with Gasteiger partial charge >= 0.3 is 0 Å². The highest BCUT2D eigenvalue weighted by molar-refractivity contribution is 7.22. The van der Waals surface area contributed by atoms with E-state index in [1.165, 1.54) is 11.3 Å². The number of carbonyl (C=O) groups excluding carboxylic acids is 2. The molecule has 4 rings (SSSR count). The lowest BCUT2D eigenvalue weighted by atomic mass is 10.1. The summed E-state index contributed by atoms with van der Waals surface area (Å²) in [7, 11) is 5.58. The number of ether oxygens (including phenoxy) is 1. The van der Waals surface area contributed by atoms with E-state index >= 15 is 0 Å². The van der Waals surface area contributed by atoms with Crippen LogP contribution in [0.3, 0.4) is 0 Å². The average molecular weight is 475 g/mol. The fourth-order valence-electron chi connectivity index (χ4n) is 3.69. The number of carbonyl (C=O) groups is 2. The molecule has 1 fully saturated rings. The number of benzene rings is 2. The highest BCUT2D eigenvalue weighted by Crippen LogP contribution is 2.33. The van der Waals surface area contributed by atoms with E-state index in [9.17, 15) is 9.59 Å². The topological polar surface area (TPSA) is 66.0 Å². The highest BCUT2D eigenvalue weighted by Gasteiger charge is 2.38. The normalized spacial score (nSPS) is 15.8. The SMILES string of the molecule is COc1ccc2nc(N(CCN(C)C)C(=O)C3CC(=O)N(c4ccccc4)C3)sc2c1.Cl. The van der Waals surface area contributed by atoms with Crippen LogP contribution in [0.5, 0.6) is 5.75 Å². The van der Waals surface area contributed by atoms with Crippen LogP contribution < -0.4 is 14.5 Å². The van der Waals surface area contributed by atoms with Gasteiger partial charge in [-0.25, -0.2) is 4.98 Å². The Bertz CT molecular complexity index is 1090. The van der Waals surface area contributed by atoms with Gasteiger partial charge in [0, 0.05) is 31.7 Å². The van der Waals surface area contributed by atoms with Crippen LogP contribution in [0.2, 0.25) is 0 Å². The number of likely N-dealkylation sites (N-methyl/N-ethyl adjacent to an activating group) is 1. The van der Waals surface area contributed by atoms with E-state index in [2.05, 4.69) is 0 Å². The molecule has 0 radical (unpaired) electrons. The summed E-state index contributed by atoms with van der Waals surface area (Å²) in [4.78, 5) is 36.4. The molecule has 0 bridgehead atoms. The van der Waals surface area contributed by atoms with Gasteiger partial charge in [-0.15, -0.1) is 12.4 Å². The monoisotopic (exact) mass is 474 g/mol. The molecule has 9 heteroatoms. The first-order valence-corrected chi connectivity index (χ1v) is 11.0. The lowest BCUT2D eigenvalue weighted by Crippen LogP contribution is -2.41. The van der Waals surface area contributed by atoms with Crippen LogP contribution in [-0.4, -0.2) is 62.5 Å². The Morgan fingerprint density at radius 2 is 1.94 bits per heavy atom. The summed E-state index contributed by atoms with van der Waals surface area (Å²) in [5.41, 5.74) is 1.66. The van der Waals surface area contributed by atoms with Gasteiger partial charge in [0.1, 0.15) is 5.75 Å². The van der Waals surface area contributed by atoms with Crippen LogP contribution in [0, 0.1) is 5.92 Å². The Balaban J connectivity index is 0.00000289. The van der Waals surface area contributed by atoms with Crippen molar-refractivity contribution in [1.82, 2.24) is 9.88 Å². The number of amides is 2. The van der Waals surface area contributed by atoms with Gasteiger partial charge < -0.3 is 14.5 Å². The van der Waals surface area contributed by atoms with Gasteiger partial charge in [-0.3, -0.25) is 14.5 Å². The first-order chi connectivity index (χ1) is 15.0. The molecule has 0 saturated carbocycles. The van der Waals surface area contributed by atoms with Crippen LogP contribution in [-0.2, 0) is 9.59 Å². The highest BCUT2D eigenvalue weighted by atomic mass is 35.5. The zero-order valence-electron chi connectivity index (χ0n) is 18.4. The standard InChI is InChI=1S/C23H26N4O3S.ClH/c1-25(2)11-12-26(23-24-19-10-9-18(30-3)14-20(19)31-23)22(29)16-13-21(28)27(15-16)17-7-5-4-6-8-17;/h4-10,14,16H,11-13,15H2,1-3H3;1H. The molecule has 1 saturated heterocycles. The quantitative estimate of drug-likeness (QED) is 0.522. The predicted molar refractivity (Wildman–Crippen MR) is 131 cm³/mol. The molecule has 1 unspecified atom stereocenters. The summed E-state index contributed by atoms with van der Waals surface area (Å²) in [6.07, 6.45) is 0.213. The number of hydrogen-bond donors (Lipinski definition) is 0. The third kappa shape index (κ3) is 5.03. The summed E-state index contributed by atoms with van der Waals surface area (Å²) in [5, 5.41) is 0.653. The Morgan fingerprint density at radius 3 is 2.62 bits per heavy atom. The van der Waals surface area contributed by atoms with Gasteiger partial charge in [0.15, 0.2) is 5.13 Å². The van der Waals surface area contributed by atoms with Gasteiger partial charge in [0.25, 0.3) is 0 Å². The van der Waals surface area contributed by atoms with Crippen molar-refractivity contribution in [1.29, 1.82) is 0 Å². The van der Waals surface area contributed by atoms with Gasteiger partial charge in [0.2, 0.25) is 11.8 Å². The molecule has 0 aliphatic carbocycles. The summed E-state index contributed by atoms with van der Waals surface area (Å²) in [6.45, 7) is 1.60. The number of anilines is 2. The molecule has 2 heterocycles. The second-order valence-electron chi connectivity index (χ2n) is 7.86. The van der Waals surface area contributed by atoms with E-state index in [-0.39, 0.29) is 30.6 Å². The first kappa shape index (κ1) is 24.0. The van der Waals surface area contributed by atoms with Crippen molar-refractivity contribution in [3.8, 4) is 5.75 Å². The minimum atomic E-state index is -0.392. The number of aromatic nitrogens is 1. The Morgan fingerprint density at radius 1 is 1.19 bits per heavy atom. The van der Waals surface area contributed by atoms with Crippen molar-refractivity contribution < 1.29 is 14.3 Å². The summed E-state index contributed by atoms with van der Waals surface area (Å²) < 4.78 is 6.28. The molecular formula is C23H27ClN4O3S. The van der Waals surface area contributed by atoms with E-state index in [0.29, 0.717) is 24.8 Å². The molecule has 0 spiro atoms. The maximum Gasteiger partial charge on any atom is 0.234 e. The summed E-state index contributed by atoms with van der Waals surface area (Å²) in [5.74, 6) is 0.288. The van der Waals surface area contributed by atoms with Crippen molar-refractivity contribution in [2.75, 3.05) is 50.6 Å². The van der Waals surface area contributed by atoms with E-state index in [4.69, 9.17) is 9.72 Å². The predicted octanol–water partition coefficient (Wildman–Crippen LogP) is 3.67. The zero-order chi connectivity index (χ0) is 22.0. The largest absolute Gasteiger partial charge is 0.497 e. The molecule has 1 aromatic heterocycles. The third-order valence-electron chi connectivity index (χ3n) is 5.39. The lowest BCUT2D eigenvalue weighted by Gasteiger charge is -2.24. The van der Waals surface area contributed by atoms with Gasteiger partial charge in [-0.1, -0.05) is 29.5 Å². The zero-order valence-corrected chi connectivity index (χ0v) is 20.0. The molecule has 170 valence electrons. The van der Waals surface area contributed by atoms with Crippen molar-refractivity contribution in [3.05, 3.63) is 48.5 Å². The summed E-state index contributed by atoms with van der Waals surface area (Å²) in [6, 6.07) is 15.2. The van der Waals surface area contributed by atoms with Crippen molar-refractivity contribution >= 4 is 56.6 Å². The van der Waals surface area contributed by atoms with Crippen LogP contribution >= 0.6 is 23.7 Å². The molecule has 32 heavy (non-hydrogen) atoms. The van der Waals surface area contributed by atoms with E-state index in [1.807, 2.05) is 67.5 Å². The average Bonchev–Trinajstić information content (AvgIpc) is 3.37. The van der Waals surface area contributed by atoms with Crippen molar-refractivity contribution in [3.63, 3.8) is 0 Å². The van der Waals surface area contributed by atoms with Gasteiger partial charge in [-0.05, 0) is 44.4 Å². The smallest absolute Gasteiger partial charge is 0.234 e. The molecule has 7 nitrogen and oxygen atoms in total. The molecule has 2 aromatic carbocycles. The maximum atomic E-state index is 13.6. The number of halogens is 1. The number of rotatable bonds is 7. The Hall–Kier alpha value is -2.68. The molecule has 2 amide bonds. The number of para-hydroxylation sites is 1. The second kappa shape index (κ2) is 10.3. The molecule has 1 atom stereocenters. The van der Waals surface area contributed by atoms with Crippen LogP contribution in [0.15, 0.2) is 48.5 Å². The number of thiazole rings is 1. The van der Waals surface area contributed by atoms with Crippen LogP contribution in [0.1, 0.15) is 6.42 Å². The minimum absolute atomic E-state index is 0. The molecule has 0 N–H and O–H groups in total. The van der Waals surface area contributed by atoms with Crippen LogP contribution in [0.25, 0.3) is 10.2 Å². The first-order valence-electron chi connectivity index (χ1n) is 10.2. The van der Waals surface area contributed by atoms with Crippen molar-refractivity contribution in [2.24, 2.45) is 5.92 Å². The number of hydrogen-bond acceptors (Lipinski definition) is 6. The summed E-state index contributed by atoms with van der Waals surface area (Å²) >= 11 is 1.47. The maximum absolute atomic E-state index is 13.6. The Labute approximate surface area is 198 Å². The number of nitrogens with zero attached hydrogens (tertiary/aromatic N) is 4. The molecule has 3 aromatic rings. The lowest BCUT2D eigenvalue weighted by molar-refractivity contribution is -0.124. The van der Waals surface area contributed by atoms with Crippen molar-refractivity contribution in [2.45, 2.75) is 6.42 Å². The van der Waals surface area contributed by atoms with E-state index < -0.39 is 5.92 Å². The number of fused-ring (bicyclic) bond motifs is 1. The van der Waals surface area contributed by atoms with Crippen LogP contribution in [0.4, 0.5) is 10.8 Å². The second-order valence-corrected chi connectivity index (χ2v) is 8.87. The minimum Gasteiger partial charge on any atom is -0.497 e. The molecule has 1 aliphatic rings. The van der Waals surface area contributed by atoms with E-state index in [0.717, 1.165) is 21.7 Å². The van der Waals surface area contributed by atoms with Gasteiger partial charge in [0.05, 0.1) is 23.2 Å². The Kier molecular flexibility index (Phi) is 7.71. The van der Waals surface area contributed by atoms with Gasteiger partial charge in [-0.2, -0.15) is 0 Å². The third-order valence-corrected chi connectivity index (χ3v) is 6.44. The fraction of sp³-hybridized carbons (Fsp3) is 0.348.